The van der Waals surface area contributed by atoms with E-state index in [0.717, 1.165) is 12.5 Å². The molecule has 0 saturated carbocycles. The Bertz CT molecular complexity index is 1280. The predicted octanol–water partition coefficient (Wildman–Crippen LogP) is 0.780. The van der Waals surface area contributed by atoms with E-state index in [1.54, 1.807) is 18.5 Å². The summed E-state index contributed by atoms with van der Waals surface area (Å²) < 4.78 is 54.9. The molecule has 30 heavy (non-hydrogen) atoms. The summed E-state index contributed by atoms with van der Waals surface area (Å²) in [5.41, 5.74) is 0.0267. The molecule has 0 spiro atoms. The number of hydrogen-bond donors (Lipinski definition) is 1. The van der Waals surface area contributed by atoms with Crippen LogP contribution < -0.4 is 4.72 Å². The summed E-state index contributed by atoms with van der Waals surface area (Å²) in [5.74, 6) is -0.422. The van der Waals surface area contributed by atoms with Gasteiger partial charge >= 0.3 is 0 Å². The Morgan fingerprint density at radius 1 is 1.00 bits per heavy atom. The van der Waals surface area contributed by atoms with Crippen LogP contribution in [0.15, 0.2) is 70.8 Å². The largest absolute Gasteiger partial charge is 0.268 e. The highest BCUT2D eigenvalue weighted by atomic mass is 32.2. The van der Waals surface area contributed by atoms with Crippen molar-refractivity contribution in [3.63, 3.8) is 0 Å². The van der Waals surface area contributed by atoms with E-state index >= 15 is 0 Å². The maximum atomic E-state index is 12.6. The first-order valence-corrected chi connectivity index (χ1v) is 11.8. The van der Waals surface area contributed by atoms with Crippen molar-refractivity contribution < 1.29 is 21.6 Å². The zero-order chi connectivity index (χ0) is 21.4. The maximum Gasteiger partial charge on any atom is 0.266 e. The monoisotopic (exact) mass is 447 g/mol. The average molecular weight is 447 g/mol. The standard InChI is InChI=1S/C18H17N5O5S2/c24-18(14-6-7-17(19-13-14)23-11-2-8-20-23)21-29(25,26)15-4-1-5-16(12-15)30(27,28)22-9-3-10-22/h1-2,4-8,11-13H,3,9-10H2,(H,21,24). The molecule has 1 aliphatic heterocycles. The number of rotatable bonds is 6. The van der Waals surface area contributed by atoms with Crippen LogP contribution >= 0.6 is 0 Å². The van der Waals surface area contributed by atoms with Crippen LogP contribution in [0.25, 0.3) is 5.82 Å². The Morgan fingerprint density at radius 3 is 2.37 bits per heavy atom. The van der Waals surface area contributed by atoms with Crippen molar-refractivity contribution in [3.8, 4) is 5.82 Å². The van der Waals surface area contributed by atoms with Crippen molar-refractivity contribution in [2.24, 2.45) is 0 Å². The average Bonchev–Trinajstić information content (AvgIpc) is 3.21. The van der Waals surface area contributed by atoms with Gasteiger partial charge in [-0.3, -0.25) is 4.79 Å². The van der Waals surface area contributed by atoms with Gasteiger partial charge in [0.25, 0.3) is 15.9 Å². The molecule has 2 aromatic heterocycles. The lowest BCUT2D eigenvalue weighted by Gasteiger charge is -2.29. The minimum atomic E-state index is -4.29. The highest BCUT2D eigenvalue weighted by molar-refractivity contribution is 7.90. The van der Waals surface area contributed by atoms with Crippen molar-refractivity contribution in [1.29, 1.82) is 0 Å². The molecule has 1 N–H and O–H groups in total. The van der Waals surface area contributed by atoms with E-state index in [9.17, 15) is 21.6 Å². The summed E-state index contributed by atoms with van der Waals surface area (Å²) in [5, 5.41) is 4.02. The highest BCUT2D eigenvalue weighted by Crippen LogP contribution is 2.23. The number of carbonyl (C=O) groups is 1. The van der Waals surface area contributed by atoms with E-state index < -0.39 is 26.0 Å². The second-order valence-electron chi connectivity index (χ2n) is 6.52. The normalized spacial score (nSPS) is 14.8. The summed E-state index contributed by atoms with van der Waals surface area (Å²) >= 11 is 0. The van der Waals surface area contributed by atoms with E-state index in [0.29, 0.717) is 18.9 Å². The number of amides is 1. The molecule has 0 aliphatic carbocycles. The highest BCUT2D eigenvalue weighted by Gasteiger charge is 2.30. The molecule has 12 heteroatoms. The Morgan fingerprint density at radius 2 is 1.77 bits per heavy atom. The van der Waals surface area contributed by atoms with Crippen LogP contribution in [-0.2, 0) is 20.0 Å². The van der Waals surface area contributed by atoms with Crippen molar-refractivity contribution in [1.82, 2.24) is 23.8 Å². The molecule has 0 atom stereocenters. The van der Waals surface area contributed by atoms with E-state index in [-0.39, 0.29) is 15.4 Å². The summed E-state index contributed by atoms with van der Waals surface area (Å²) in [6.07, 6.45) is 5.24. The number of aromatic nitrogens is 3. The fraction of sp³-hybridized carbons (Fsp3) is 0.167. The van der Waals surface area contributed by atoms with Crippen LogP contribution in [0.2, 0.25) is 0 Å². The molecule has 0 bridgehead atoms. The molecule has 4 rings (SSSR count). The minimum Gasteiger partial charge on any atom is -0.268 e. The smallest absolute Gasteiger partial charge is 0.266 e. The van der Waals surface area contributed by atoms with Crippen molar-refractivity contribution in [2.75, 3.05) is 13.1 Å². The Hall–Kier alpha value is -3.09. The predicted molar refractivity (Wildman–Crippen MR) is 106 cm³/mol. The van der Waals surface area contributed by atoms with Gasteiger partial charge in [-0.05, 0) is 42.8 Å². The van der Waals surface area contributed by atoms with Gasteiger partial charge in [0, 0.05) is 31.7 Å². The zero-order valence-electron chi connectivity index (χ0n) is 15.5. The first-order chi connectivity index (χ1) is 14.3. The number of nitrogens with one attached hydrogen (secondary N) is 1. The first kappa shape index (κ1) is 20.2. The molecule has 1 aliphatic rings. The summed E-state index contributed by atoms with van der Waals surface area (Å²) in [6, 6.07) is 9.57. The van der Waals surface area contributed by atoms with E-state index in [1.807, 2.05) is 4.72 Å². The second-order valence-corrected chi connectivity index (χ2v) is 10.1. The molecule has 0 unspecified atom stereocenters. The van der Waals surface area contributed by atoms with E-state index in [4.69, 9.17) is 0 Å². The number of pyridine rings is 1. The fourth-order valence-electron chi connectivity index (χ4n) is 2.78. The Labute approximate surface area is 173 Å². The lowest BCUT2D eigenvalue weighted by molar-refractivity contribution is 0.0981. The van der Waals surface area contributed by atoms with Crippen molar-refractivity contribution >= 4 is 26.0 Å². The molecule has 3 heterocycles. The molecular formula is C18H17N5O5S2. The Kier molecular flexibility index (Phi) is 5.13. The molecule has 1 saturated heterocycles. The van der Waals surface area contributed by atoms with Gasteiger partial charge in [-0.2, -0.15) is 9.40 Å². The van der Waals surface area contributed by atoms with Crippen LogP contribution in [0, 0.1) is 0 Å². The summed E-state index contributed by atoms with van der Waals surface area (Å²) in [4.78, 5) is 16.0. The van der Waals surface area contributed by atoms with E-state index in [1.165, 1.54) is 45.5 Å². The first-order valence-electron chi connectivity index (χ1n) is 8.91. The third-order valence-corrected chi connectivity index (χ3v) is 7.77. The lowest BCUT2D eigenvalue weighted by Crippen LogP contribution is -2.42. The molecule has 1 aromatic carbocycles. The van der Waals surface area contributed by atoms with Gasteiger partial charge in [0.1, 0.15) is 0 Å². The third kappa shape index (κ3) is 3.84. The van der Waals surface area contributed by atoms with Crippen molar-refractivity contribution in [3.05, 3.63) is 66.6 Å². The Balaban J connectivity index is 1.54. The van der Waals surface area contributed by atoms with Crippen LogP contribution in [0.1, 0.15) is 16.8 Å². The minimum absolute atomic E-state index is 0.0267. The molecule has 156 valence electrons. The number of hydrogen-bond acceptors (Lipinski definition) is 7. The number of sulfonamides is 2. The second kappa shape index (κ2) is 7.63. The van der Waals surface area contributed by atoms with Crippen LogP contribution in [0.3, 0.4) is 0 Å². The van der Waals surface area contributed by atoms with Gasteiger partial charge in [-0.15, -0.1) is 0 Å². The van der Waals surface area contributed by atoms with Crippen LogP contribution in [0.5, 0.6) is 0 Å². The third-order valence-electron chi connectivity index (χ3n) is 4.54. The summed E-state index contributed by atoms with van der Waals surface area (Å²) in [6.45, 7) is 0.801. The van der Waals surface area contributed by atoms with Gasteiger partial charge in [-0.1, -0.05) is 6.07 Å². The number of nitrogens with zero attached hydrogens (tertiary/aromatic N) is 4. The zero-order valence-corrected chi connectivity index (χ0v) is 17.2. The SMILES string of the molecule is O=C(NS(=O)(=O)c1cccc(S(=O)(=O)N2CCC2)c1)c1ccc(-n2cccn2)nc1. The van der Waals surface area contributed by atoms with Gasteiger partial charge < -0.3 is 0 Å². The quantitative estimate of drug-likeness (QED) is 0.591. The van der Waals surface area contributed by atoms with Gasteiger partial charge in [0.2, 0.25) is 10.0 Å². The molecule has 1 fully saturated rings. The van der Waals surface area contributed by atoms with Gasteiger partial charge in [-0.25, -0.2) is 31.2 Å². The van der Waals surface area contributed by atoms with Gasteiger partial charge in [0.05, 0.1) is 15.4 Å². The topological polar surface area (TPSA) is 131 Å². The fourth-order valence-corrected chi connectivity index (χ4v) is 5.44. The molecular weight excluding hydrogens is 430 g/mol. The van der Waals surface area contributed by atoms with Crippen LogP contribution in [0.4, 0.5) is 0 Å². The summed E-state index contributed by atoms with van der Waals surface area (Å²) in [7, 11) is -8.04. The van der Waals surface area contributed by atoms with Crippen molar-refractivity contribution in [2.45, 2.75) is 16.2 Å². The van der Waals surface area contributed by atoms with E-state index in [2.05, 4.69) is 10.1 Å². The lowest BCUT2D eigenvalue weighted by atomic mass is 10.3. The van der Waals surface area contributed by atoms with Gasteiger partial charge in [0.15, 0.2) is 5.82 Å². The molecule has 1 amide bonds. The molecule has 10 nitrogen and oxygen atoms in total. The van der Waals surface area contributed by atoms with Crippen LogP contribution in [-0.4, -0.2) is 54.9 Å². The number of carbonyl (C=O) groups excluding carboxylic acids is 1. The molecule has 3 aromatic rings. The molecule has 0 radical (unpaired) electrons. The number of benzene rings is 1. The maximum absolute atomic E-state index is 12.6.